The molecule has 1 aromatic rings. The fourth-order valence-corrected chi connectivity index (χ4v) is 2.26. The quantitative estimate of drug-likeness (QED) is 0.725. The van der Waals surface area contributed by atoms with Crippen LogP contribution in [0.1, 0.15) is 12.8 Å². The summed E-state index contributed by atoms with van der Waals surface area (Å²) in [7, 11) is 0. The van der Waals surface area contributed by atoms with Gasteiger partial charge in [-0.05, 0) is 43.6 Å². The van der Waals surface area contributed by atoms with Gasteiger partial charge in [0, 0.05) is 9.79 Å². The normalized spacial score (nSPS) is 15.6. The van der Waals surface area contributed by atoms with E-state index in [1.165, 1.54) is 22.6 Å². The minimum absolute atomic E-state index is 0.488. The number of hydrogen-bond acceptors (Lipinski definition) is 3. The van der Waals surface area contributed by atoms with Gasteiger partial charge in [0.05, 0.1) is 6.10 Å². The molecule has 2 rings (SSSR count). The largest absolute Gasteiger partial charge is 0.490 e. The van der Waals surface area contributed by atoms with Crippen molar-refractivity contribution in [1.82, 2.24) is 0 Å². The highest BCUT2D eigenvalue weighted by Gasteiger charge is 2.23. The third kappa shape index (κ3) is 2.61. The first kappa shape index (κ1) is 10.2. The van der Waals surface area contributed by atoms with Crippen LogP contribution in [0.15, 0.2) is 28.0 Å². The van der Waals surface area contributed by atoms with Crippen LogP contribution in [0.2, 0.25) is 0 Å². The van der Waals surface area contributed by atoms with Gasteiger partial charge in [-0.25, -0.2) is 0 Å². The molecule has 0 N–H and O–H groups in total. The molecule has 1 aliphatic rings. The zero-order valence-electron chi connectivity index (χ0n) is 8.45. The van der Waals surface area contributed by atoms with Crippen molar-refractivity contribution in [3.05, 3.63) is 18.2 Å². The molecule has 0 spiro atoms. The highest BCUT2D eigenvalue weighted by atomic mass is 32.2. The van der Waals surface area contributed by atoms with Crippen molar-refractivity contribution in [3.8, 4) is 5.75 Å². The van der Waals surface area contributed by atoms with Gasteiger partial charge in [-0.15, -0.1) is 23.5 Å². The molecule has 0 saturated heterocycles. The molecule has 0 heterocycles. The van der Waals surface area contributed by atoms with Crippen molar-refractivity contribution in [2.75, 3.05) is 12.5 Å². The highest BCUT2D eigenvalue weighted by Crippen LogP contribution is 2.32. The topological polar surface area (TPSA) is 9.23 Å². The van der Waals surface area contributed by atoms with Crippen molar-refractivity contribution in [3.63, 3.8) is 0 Å². The summed E-state index contributed by atoms with van der Waals surface area (Å²) >= 11 is 3.53. The van der Waals surface area contributed by atoms with Crippen molar-refractivity contribution >= 4 is 23.5 Å². The Morgan fingerprint density at radius 2 is 1.64 bits per heavy atom. The maximum absolute atomic E-state index is 5.78. The number of benzene rings is 1. The zero-order valence-corrected chi connectivity index (χ0v) is 10.1. The van der Waals surface area contributed by atoms with Crippen LogP contribution in [0.5, 0.6) is 5.75 Å². The molecule has 3 heteroatoms. The van der Waals surface area contributed by atoms with Crippen LogP contribution in [0.4, 0.5) is 0 Å². The Labute approximate surface area is 93.6 Å². The Hall–Kier alpha value is -0.280. The van der Waals surface area contributed by atoms with Gasteiger partial charge in [-0.2, -0.15) is 0 Å². The molecule has 1 aromatic carbocycles. The lowest BCUT2D eigenvalue weighted by Gasteiger charge is -2.08. The van der Waals surface area contributed by atoms with Gasteiger partial charge in [-0.1, -0.05) is 0 Å². The first-order chi connectivity index (χ1) is 6.81. The number of ether oxygens (including phenoxy) is 1. The van der Waals surface area contributed by atoms with E-state index in [4.69, 9.17) is 4.74 Å². The summed E-state index contributed by atoms with van der Waals surface area (Å²) in [6.45, 7) is 0. The second-order valence-corrected chi connectivity index (χ2v) is 5.12. The third-order valence-corrected chi connectivity index (χ3v) is 3.57. The van der Waals surface area contributed by atoms with Gasteiger partial charge in [0.15, 0.2) is 0 Å². The Morgan fingerprint density at radius 1 is 1.07 bits per heavy atom. The summed E-state index contributed by atoms with van der Waals surface area (Å²) in [5.74, 6) is 1.03. The summed E-state index contributed by atoms with van der Waals surface area (Å²) in [5.41, 5.74) is 0. The minimum atomic E-state index is 0.488. The zero-order chi connectivity index (χ0) is 9.97. The lowest BCUT2D eigenvalue weighted by molar-refractivity contribution is 0.302. The average molecular weight is 226 g/mol. The second-order valence-electron chi connectivity index (χ2n) is 3.37. The van der Waals surface area contributed by atoms with Crippen LogP contribution >= 0.6 is 23.5 Å². The van der Waals surface area contributed by atoms with E-state index in [0.29, 0.717) is 6.10 Å². The number of hydrogen-bond donors (Lipinski definition) is 0. The molecule has 0 amide bonds. The first-order valence-corrected chi connectivity index (χ1v) is 7.16. The van der Waals surface area contributed by atoms with Crippen LogP contribution in [-0.4, -0.2) is 18.6 Å². The summed E-state index contributed by atoms with van der Waals surface area (Å²) in [6.07, 6.45) is 7.12. The average Bonchev–Trinajstić information content (AvgIpc) is 3.01. The first-order valence-electron chi connectivity index (χ1n) is 4.71. The van der Waals surface area contributed by atoms with E-state index in [2.05, 4.69) is 30.7 Å². The molecule has 0 radical (unpaired) electrons. The van der Waals surface area contributed by atoms with Crippen molar-refractivity contribution in [2.45, 2.75) is 28.7 Å². The molecule has 1 fully saturated rings. The van der Waals surface area contributed by atoms with Gasteiger partial charge in [0.1, 0.15) is 5.75 Å². The predicted octanol–water partition coefficient (Wildman–Crippen LogP) is 3.67. The van der Waals surface area contributed by atoms with Crippen LogP contribution in [0.25, 0.3) is 0 Å². The Morgan fingerprint density at radius 3 is 2.07 bits per heavy atom. The molecular weight excluding hydrogens is 212 g/mol. The SMILES string of the molecule is CSc1cc(OC2CC2)cc(SC)c1. The number of rotatable bonds is 4. The van der Waals surface area contributed by atoms with Gasteiger partial charge < -0.3 is 4.74 Å². The molecule has 14 heavy (non-hydrogen) atoms. The monoisotopic (exact) mass is 226 g/mol. The fourth-order valence-electron chi connectivity index (χ4n) is 1.23. The van der Waals surface area contributed by atoms with E-state index < -0.39 is 0 Å². The Bertz CT molecular complexity index is 299. The van der Waals surface area contributed by atoms with E-state index in [9.17, 15) is 0 Å². The van der Waals surface area contributed by atoms with Gasteiger partial charge in [-0.3, -0.25) is 0 Å². The molecule has 1 saturated carbocycles. The summed E-state index contributed by atoms with van der Waals surface area (Å²) in [6, 6.07) is 6.46. The van der Waals surface area contributed by atoms with E-state index in [1.54, 1.807) is 23.5 Å². The maximum atomic E-state index is 5.78. The lowest BCUT2D eigenvalue weighted by Crippen LogP contribution is -1.95. The van der Waals surface area contributed by atoms with Crippen molar-refractivity contribution in [2.24, 2.45) is 0 Å². The minimum Gasteiger partial charge on any atom is -0.490 e. The van der Waals surface area contributed by atoms with Crippen molar-refractivity contribution in [1.29, 1.82) is 0 Å². The van der Waals surface area contributed by atoms with E-state index in [-0.39, 0.29) is 0 Å². The molecule has 0 unspecified atom stereocenters. The van der Waals surface area contributed by atoms with Crippen LogP contribution < -0.4 is 4.74 Å². The molecule has 1 aliphatic carbocycles. The Kier molecular flexibility index (Phi) is 3.29. The molecule has 0 bridgehead atoms. The Balaban J connectivity index is 2.19. The van der Waals surface area contributed by atoms with E-state index in [0.717, 1.165) is 5.75 Å². The van der Waals surface area contributed by atoms with E-state index >= 15 is 0 Å². The van der Waals surface area contributed by atoms with Crippen molar-refractivity contribution < 1.29 is 4.74 Å². The predicted molar refractivity (Wildman–Crippen MR) is 63.7 cm³/mol. The highest BCUT2D eigenvalue weighted by molar-refractivity contribution is 7.99. The van der Waals surface area contributed by atoms with Crippen LogP contribution in [0, 0.1) is 0 Å². The summed E-state index contributed by atoms with van der Waals surface area (Å²) in [5, 5.41) is 0. The fraction of sp³-hybridized carbons (Fsp3) is 0.455. The molecule has 0 atom stereocenters. The lowest BCUT2D eigenvalue weighted by atomic mass is 10.3. The van der Waals surface area contributed by atoms with Gasteiger partial charge in [0.2, 0.25) is 0 Å². The van der Waals surface area contributed by atoms with Gasteiger partial charge in [0.25, 0.3) is 0 Å². The van der Waals surface area contributed by atoms with E-state index in [1.807, 2.05) is 0 Å². The number of thioether (sulfide) groups is 2. The smallest absolute Gasteiger partial charge is 0.121 e. The summed E-state index contributed by atoms with van der Waals surface area (Å²) in [4.78, 5) is 2.57. The standard InChI is InChI=1S/C11H14OS2/c1-13-10-5-9(12-8-3-4-8)6-11(7-10)14-2/h5-8H,3-4H2,1-2H3. The van der Waals surface area contributed by atoms with Crippen LogP contribution in [0.3, 0.4) is 0 Å². The van der Waals surface area contributed by atoms with Crippen LogP contribution in [-0.2, 0) is 0 Å². The molecule has 0 aliphatic heterocycles. The third-order valence-electron chi connectivity index (χ3n) is 2.15. The summed E-state index contributed by atoms with van der Waals surface area (Å²) < 4.78 is 5.78. The second kappa shape index (κ2) is 4.49. The van der Waals surface area contributed by atoms with Gasteiger partial charge >= 0.3 is 0 Å². The molecule has 0 aromatic heterocycles. The molecule has 1 nitrogen and oxygen atoms in total. The molecular formula is C11H14OS2. The maximum Gasteiger partial charge on any atom is 0.121 e. The molecule has 76 valence electrons.